The van der Waals surface area contributed by atoms with Crippen molar-refractivity contribution in [1.82, 2.24) is 10.6 Å². The van der Waals surface area contributed by atoms with Crippen molar-refractivity contribution >= 4 is 11.8 Å². The van der Waals surface area contributed by atoms with Crippen LogP contribution in [0.15, 0.2) is 0 Å². The molecule has 2 aliphatic heterocycles. The number of aliphatic hydroxyl groups is 2. The molecule has 2 heterocycles. The number of nitrogens with one attached hydrogen (secondary N) is 2. The second-order valence-electron chi connectivity index (χ2n) is 5.25. The zero-order valence-corrected chi connectivity index (χ0v) is 11.6. The summed E-state index contributed by atoms with van der Waals surface area (Å²) in [5.74, 6) is 0.384. The molecule has 4 N–H and O–H groups in total. The summed E-state index contributed by atoms with van der Waals surface area (Å²) in [7, 11) is 0. The smallest absolute Gasteiger partial charge is 0.223 e. The Morgan fingerprint density at radius 1 is 1.05 bits per heavy atom. The van der Waals surface area contributed by atoms with E-state index in [0.29, 0.717) is 0 Å². The van der Waals surface area contributed by atoms with Gasteiger partial charge < -0.3 is 20.8 Å². The Kier molecular flexibility index (Phi) is 6.24. The standard InChI is InChI=1S/C7H13NO2.C6H11NO2/c1-2-5-3-6(4-9)8-7(5)10;1-4-2-5(3-8)7-6(4)9/h5-6,9H,2-4H2,1H3,(H,8,10);4-5,8H,2-3H2,1H3,(H,7,9). The van der Waals surface area contributed by atoms with Crippen molar-refractivity contribution in [3.8, 4) is 0 Å². The predicted molar refractivity (Wildman–Crippen MR) is 70.2 cm³/mol. The highest BCUT2D eigenvalue weighted by Gasteiger charge is 2.29. The number of rotatable bonds is 3. The van der Waals surface area contributed by atoms with Crippen LogP contribution in [0.2, 0.25) is 0 Å². The first kappa shape index (κ1) is 15.9. The third kappa shape index (κ3) is 4.47. The van der Waals surface area contributed by atoms with Gasteiger partial charge >= 0.3 is 0 Å². The summed E-state index contributed by atoms with van der Waals surface area (Å²) in [6.07, 6.45) is 2.45. The van der Waals surface area contributed by atoms with Gasteiger partial charge in [-0.15, -0.1) is 0 Å². The summed E-state index contributed by atoms with van der Waals surface area (Å²) in [6, 6.07) is 0.0185. The topological polar surface area (TPSA) is 98.7 Å². The zero-order chi connectivity index (χ0) is 14.4. The Labute approximate surface area is 113 Å². The van der Waals surface area contributed by atoms with E-state index in [9.17, 15) is 9.59 Å². The molecule has 110 valence electrons. The molecular weight excluding hydrogens is 248 g/mol. The third-order valence-electron chi connectivity index (χ3n) is 3.65. The molecule has 4 unspecified atom stereocenters. The Morgan fingerprint density at radius 3 is 1.84 bits per heavy atom. The van der Waals surface area contributed by atoms with Crippen molar-refractivity contribution in [2.45, 2.75) is 45.2 Å². The van der Waals surface area contributed by atoms with Crippen molar-refractivity contribution in [3.63, 3.8) is 0 Å². The van der Waals surface area contributed by atoms with E-state index >= 15 is 0 Å². The molecule has 0 bridgehead atoms. The molecule has 6 heteroatoms. The van der Waals surface area contributed by atoms with E-state index in [1.54, 1.807) is 0 Å². The van der Waals surface area contributed by atoms with E-state index in [2.05, 4.69) is 10.6 Å². The first-order chi connectivity index (χ1) is 9.01. The van der Waals surface area contributed by atoms with Crippen LogP contribution < -0.4 is 10.6 Å². The maximum absolute atomic E-state index is 11.0. The van der Waals surface area contributed by atoms with Crippen LogP contribution in [0.4, 0.5) is 0 Å². The lowest BCUT2D eigenvalue weighted by atomic mass is 10.0. The average Bonchev–Trinajstić information content (AvgIpc) is 2.93. The predicted octanol–water partition coefficient (Wildman–Crippen LogP) is -0.603. The van der Waals surface area contributed by atoms with E-state index in [0.717, 1.165) is 19.3 Å². The molecule has 0 radical (unpaired) electrons. The third-order valence-corrected chi connectivity index (χ3v) is 3.65. The first-order valence-electron chi connectivity index (χ1n) is 6.84. The molecule has 0 aromatic rings. The molecular formula is C13H24N2O4. The van der Waals surface area contributed by atoms with E-state index in [1.165, 1.54) is 0 Å². The summed E-state index contributed by atoms with van der Waals surface area (Å²) in [6.45, 7) is 3.99. The number of hydrogen-bond donors (Lipinski definition) is 4. The van der Waals surface area contributed by atoms with Crippen LogP contribution in [-0.4, -0.2) is 47.3 Å². The van der Waals surface area contributed by atoms with Crippen LogP contribution >= 0.6 is 0 Å². The lowest BCUT2D eigenvalue weighted by Crippen LogP contribution is -2.28. The number of carbonyl (C=O) groups excluding carboxylic acids is 2. The van der Waals surface area contributed by atoms with Gasteiger partial charge in [-0.2, -0.15) is 0 Å². The Hall–Kier alpha value is -1.14. The lowest BCUT2D eigenvalue weighted by molar-refractivity contribution is -0.123. The molecule has 0 aliphatic carbocycles. The van der Waals surface area contributed by atoms with Gasteiger partial charge in [0, 0.05) is 11.8 Å². The van der Waals surface area contributed by atoms with E-state index in [-0.39, 0.29) is 48.9 Å². The number of hydrogen-bond acceptors (Lipinski definition) is 4. The summed E-state index contributed by atoms with van der Waals surface area (Å²) in [5, 5.41) is 22.6. The fourth-order valence-electron chi connectivity index (χ4n) is 2.36. The van der Waals surface area contributed by atoms with Gasteiger partial charge in [0.25, 0.3) is 0 Å². The monoisotopic (exact) mass is 272 g/mol. The maximum atomic E-state index is 11.0. The second-order valence-corrected chi connectivity index (χ2v) is 5.25. The van der Waals surface area contributed by atoms with E-state index < -0.39 is 0 Å². The van der Waals surface area contributed by atoms with Gasteiger partial charge in [0.15, 0.2) is 0 Å². The highest BCUT2D eigenvalue weighted by atomic mass is 16.3. The second kappa shape index (κ2) is 7.45. The lowest BCUT2D eigenvalue weighted by Gasteiger charge is -2.02. The van der Waals surface area contributed by atoms with Gasteiger partial charge in [-0.25, -0.2) is 0 Å². The van der Waals surface area contributed by atoms with Gasteiger partial charge in [-0.3, -0.25) is 9.59 Å². The van der Waals surface area contributed by atoms with Crippen LogP contribution in [0, 0.1) is 11.8 Å². The van der Waals surface area contributed by atoms with Crippen LogP contribution in [0.5, 0.6) is 0 Å². The molecule has 0 spiro atoms. The van der Waals surface area contributed by atoms with Gasteiger partial charge in [-0.1, -0.05) is 13.8 Å². The van der Waals surface area contributed by atoms with Crippen LogP contribution in [0.3, 0.4) is 0 Å². The Morgan fingerprint density at radius 2 is 1.58 bits per heavy atom. The summed E-state index contributed by atoms with van der Waals surface area (Å²) >= 11 is 0. The molecule has 0 aromatic carbocycles. The molecule has 2 saturated heterocycles. The highest BCUT2D eigenvalue weighted by molar-refractivity contribution is 5.81. The molecule has 6 nitrogen and oxygen atoms in total. The molecule has 2 fully saturated rings. The van der Waals surface area contributed by atoms with Gasteiger partial charge in [0.05, 0.1) is 25.3 Å². The quantitative estimate of drug-likeness (QED) is 0.551. The van der Waals surface area contributed by atoms with E-state index in [1.807, 2.05) is 13.8 Å². The Balaban J connectivity index is 0.000000191. The van der Waals surface area contributed by atoms with Crippen LogP contribution in [0.25, 0.3) is 0 Å². The Bertz CT molecular complexity index is 322. The maximum Gasteiger partial charge on any atom is 0.223 e. The molecule has 0 aromatic heterocycles. The first-order valence-corrected chi connectivity index (χ1v) is 6.84. The minimum absolute atomic E-state index is 0.00694. The average molecular weight is 272 g/mol. The largest absolute Gasteiger partial charge is 0.394 e. The van der Waals surface area contributed by atoms with Crippen molar-refractivity contribution in [2.75, 3.05) is 13.2 Å². The minimum atomic E-state index is 0.00694. The molecule has 2 amide bonds. The minimum Gasteiger partial charge on any atom is -0.394 e. The number of amides is 2. The van der Waals surface area contributed by atoms with Gasteiger partial charge in [-0.05, 0) is 19.3 Å². The normalized spacial score (nSPS) is 33.5. The number of aliphatic hydroxyl groups excluding tert-OH is 2. The van der Waals surface area contributed by atoms with Crippen molar-refractivity contribution in [3.05, 3.63) is 0 Å². The van der Waals surface area contributed by atoms with Crippen molar-refractivity contribution in [1.29, 1.82) is 0 Å². The summed E-state index contributed by atoms with van der Waals surface area (Å²) in [4.78, 5) is 21.7. The highest BCUT2D eigenvalue weighted by Crippen LogP contribution is 2.17. The van der Waals surface area contributed by atoms with Crippen molar-refractivity contribution in [2.24, 2.45) is 11.8 Å². The molecule has 2 aliphatic rings. The molecule has 0 saturated carbocycles. The van der Waals surface area contributed by atoms with E-state index in [4.69, 9.17) is 10.2 Å². The fraction of sp³-hybridized carbons (Fsp3) is 0.846. The van der Waals surface area contributed by atoms with Gasteiger partial charge in [0.1, 0.15) is 0 Å². The van der Waals surface area contributed by atoms with Crippen molar-refractivity contribution < 1.29 is 19.8 Å². The fourth-order valence-corrected chi connectivity index (χ4v) is 2.36. The SMILES string of the molecule is CC1CC(CO)NC1=O.CCC1CC(CO)NC1=O. The molecule has 4 atom stereocenters. The summed E-state index contributed by atoms with van der Waals surface area (Å²) in [5.41, 5.74) is 0. The van der Waals surface area contributed by atoms with Gasteiger partial charge in [0.2, 0.25) is 11.8 Å². The number of carbonyl (C=O) groups is 2. The van der Waals surface area contributed by atoms with Crippen LogP contribution in [-0.2, 0) is 9.59 Å². The molecule has 19 heavy (non-hydrogen) atoms. The summed E-state index contributed by atoms with van der Waals surface area (Å²) < 4.78 is 0. The zero-order valence-electron chi connectivity index (χ0n) is 11.6. The molecule has 2 rings (SSSR count). The van der Waals surface area contributed by atoms with Crippen LogP contribution in [0.1, 0.15) is 33.1 Å².